The van der Waals surface area contributed by atoms with Crippen molar-refractivity contribution in [3.05, 3.63) is 72.1 Å². The van der Waals surface area contributed by atoms with Gasteiger partial charge in [0, 0.05) is 23.6 Å². The summed E-state index contributed by atoms with van der Waals surface area (Å²) in [4.78, 5) is 24.4. The second kappa shape index (κ2) is 8.08. The summed E-state index contributed by atoms with van der Waals surface area (Å²) in [5.74, 6) is -2.80. The normalized spacial score (nSPS) is 26.6. The van der Waals surface area contributed by atoms with Crippen molar-refractivity contribution in [1.29, 1.82) is 0 Å². The summed E-state index contributed by atoms with van der Waals surface area (Å²) in [6, 6.07) is 7.58. The van der Waals surface area contributed by atoms with Gasteiger partial charge in [-0.3, -0.25) is 9.59 Å². The van der Waals surface area contributed by atoms with Crippen molar-refractivity contribution in [2.24, 2.45) is 0 Å². The molecule has 1 fully saturated rings. The number of rotatable bonds is 5. The quantitative estimate of drug-likeness (QED) is 0.485. The first-order valence-corrected chi connectivity index (χ1v) is 10.7. The van der Waals surface area contributed by atoms with Gasteiger partial charge in [0.25, 0.3) is 11.8 Å². The molecule has 1 aliphatic heterocycles. The van der Waals surface area contributed by atoms with Crippen LogP contribution in [0.1, 0.15) is 17.9 Å². The van der Waals surface area contributed by atoms with Crippen molar-refractivity contribution in [1.82, 2.24) is 0 Å². The maximum atomic E-state index is 13.9. The van der Waals surface area contributed by atoms with Crippen LogP contribution in [0.3, 0.4) is 0 Å². The molecule has 2 aliphatic rings. The number of carbonyl (C=O) groups is 2. The molecule has 3 unspecified atom stereocenters. The second-order valence-electron chi connectivity index (χ2n) is 7.74. The van der Waals surface area contributed by atoms with Crippen molar-refractivity contribution in [3.63, 3.8) is 0 Å². The molecule has 2 aromatic carbocycles. The first kappa shape index (κ1) is 23.1. The number of hydrogen-bond acceptors (Lipinski definition) is 5. The average molecular weight is 492 g/mol. The van der Waals surface area contributed by atoms with Crippen molar-refractivity contribution < 1.29 is 28.6 Å². The van der Waals surface area contributed by atoms with Crippen LogP contribution in [0.2, 0.25) is 0 Å². The number of phenols is 1. The number of nitrogens with zero attached hydrogens (tertiary/aromatic N) is 1. The Balaban J connectivity index is 2.00. The Bertz CT molecular complexity index is 1170. The molecule has 3 atom stereocenters. The number of ether oxygens (including phenoxy) is 2. The smallest absolute Gasteiger partial charge is 0.258 e. The number of amides is 2. The standard InChI is InChI=1S/C24H20Cl2FNO5/c1-4-13-9-10-23(25)21(30)28(15-7-5-14(27)6-8-15)22(31)24(23,26)20(13)19-17(32-2)11-16(29)12-18(19)33-3/h4-9,11-12,20,29H,1,10H2,2-3H3. The summed E-state index contributed by atoms with van der Waals surface area (Å²) in [5, 5.41) is 10.1. The SMILES string of the molecule is C=CC1=CCC2(Cl)C(=O)N(c3ccc(F)cc3)C(=O)C2(Cl)C1c1c(OC)cc(O)cc1OC. The van der Waals surface area contributed by atoms with E-state index in [2.05, 4.69) is 6.58 Å². The Kier molecular flexibility index (Phi) is 5.66. The van der Waals surface area contributed by atoms with Crippen molar-refractivity contribution >= 4 is 40.7 Å². The largest absolute Gasteiger partial charge is 0.508 e. The lowest BCUT2D eigenvalue weighted by Crippen LogP contribution is -2.55. The summed E-state index contributed by atoms with van der Waals surface area (Å²) in [6.07, 6.45) is 3.17. The minimum absolute atomic E-state index is 0.0408. The maximum Gasteiger partial charge on any atom is 0.258 e. The van der Waals surface area contributed by atoms with Gasteiger partial charge in [0.15, 0.2) is 9.75 Å². The van der Waals surface area contributed by atoms with E-state index >= 15 is 0 Å². The minimum Gasteiger partial charge on any atom is -0.508 e. The van der Waals surface area contributed by atoms with Gasteiger partial charge in [-0.05, 0) is 36.3 Å². The number of hydrogen-bond donors (Lipinski definition) is 1. The molecule has 0 saturated carbocycles. The zero-order valence-corrected chi connectivity index (χ0v) is 19.3. The third-order valence-electron chi connectivity index (χ3n) is 6.12. The zero-order valence-electron chi connectivity index (χ0n) is 17.8. The molecule has 9 heteroatoms. The summed E-state index contributed by atoms with van der Waals surface area (Å²) in [5.41, 5.74) is 1.00. The van der Waals surface area contributed by atoms with Crippen LogP contribution >= 0.6 is 23.2 Å². The van der Waals surface area contributed by atoms with Crippen LogP contribution in [-0.2, 0) is 9.59 Å². The van der Waals surface area contributed by atoms with Gasteiger partial charge in [-0.15, -0.1) is 23.2 Å². The van der Waals surface area contributed by atoms with Gasteiger partial charge in [0.2, 0.25) is 0 Å². The Morgan fingerprint density at radius 3 is 2.21 bits per heavy atom. The number of imide groups is 1. The maximum absolute atomic E-state index is 13.9. The molecule has 1 heterocycles. The molecule has 2 aromatic rings. The first-order chi connectivity index (χ1) is 15.6. The molecule has 0 aromatic heterocycles. The lowest BCUT2D eigenvalue weighted by atomic mass is 9.68. The number of aromatic hydroxyl groups is 1. The molecule has 0 bridgehead atoms. The lowest BCUT2D eigenvalue weighted by Gasteiger charge is -2.42. The zero-order chi connectivity index (χ0) is 24.1. The van der Waals surface area contributed by atoms with Gasteiger partial charge in [0.1, 0.15) is 23.1 Å². The van der Waals surface area contributed by atoms with E-state index in [1.54, 1.807) is 6.08 Å². The topological polar surface area (TPSA) is 76.1 Å². The van der Waals surface area contributed by atoms with E-state index in [1.807, 2.05) is 0 Å². The van der Waals surface area contributed by atoms with Gasteiger partial charge < -0.3 is 14.6 Å². The second-order valence-corrected chi connectivity index (χ2v) is 8.99. The number of allylic oxidation sites excluding steroid dienone is 3. The van der Waals surface area contributed by atoms with E-state index in [-0.39, 0.29) is 29.4 Å². The molecule has 172 valence electrons. The highest BCUT2D eigenvalue weighted by Crippen LogP contribution is 2.62. The van der Waals surface area contributed by atoms with E-state index in [0.29, 0.717) is 11.1 Å². The van der Waals surface area contributed by atoms with Gasteiger partial charge >= 0.3 is 0 Å². The van der Waals surface area contributed by atoms with E-state index < -0.39 is 33.3 Å². The van der Waals surface area contributed by atoms with Crippen LogP contribution in [0.25, 0.3) is 0 Å². The molecule has 1 N–H and O–H groups in total. The van der Waals surface area contributed by atoms with Gasteiger partial charge in [-0.2, -0.15) is 0 Å². The van der Waals surface area contributed by atoms with E-state index in [9.17, 15) is 19.1 Å². The molecule has 1 aliphatic carbocycles. The summed E-state index contributed by atoms with van der Waals surface area (Å²) >= 11 is 14.0. The number of fused-ring (bicyclic) bond motifs is 1. The van der Waals surface area contributed by atoms with Gasteiger partial charge in [-0.1, -0.05) is 18.7 Å². The Morgan fingerprint density at radius 1 is 1.12 bits per heavy atom. The highest BCUT2D eigenvalue weighted by molar-refractivity contribution is 6.58. The summed E-state index contributed by atoms with van der Waals surface area (Å²) in [7, 11) is 2.78. The molecular weight excluding hydrogens is 472 g/mol. The number of anilines is 1. The van der Waals surface area contributed by atoms with Crippen molar-refractivity contribution in [2.45, 2.75) is 22.1 Å². The Labute approximate surface area is 199 Å². The van der Waals surface area contributed by atoms with Crippen molar-refractivity contribution in [3.8, 4) is 17.2 Å². The Hall–Kier alpha value is -3.03. The molecule has 0 spiro atoms. The fraction of sp³-hybridized carbons (Fsp3) is 0.250. The fourth-order valence-corrected chi connectivity index (χ4v) is 5.38. The Morgan fingerprint density at radius 2 is 1.70 bits per heavy atom. The third kappa shape index (κ3) is 3.14. The van der Waals surface area contributed by atoms with Gasteiger partial charge in [0.05, 0.1) is 19.9 Å². The molecule has 2 amide bonds. The molecule has 33 heavy (non-hydrogen) atoms. The summed E-state index contributed by atoms with van der Waals surface area (Å²) < 4.78 is 24.4. The lowest BCUT2D eigenvalue weighted by molar-refractivity contribution is -0.122. The van der Waals surface area contributed by atoms with Crippen LogP contribution in [-0.4, -0.2) is 40.9 Å². The van der Waals surface area contributed by atoms with Crippen LogP contribution in [0, 0.1) is 5.82 Å². The van der Waals surface area contributed by atoms with Crippen LogP contribution in [0.15, 0.2) is 60.7 Å². The number of benzene rings is 2. The molecule has 0 radical (unpaired) electrons. The fourth-order valence-electron chi connectivity index (χ4n) is 4.55. The van der Waals surface area contributed by atoms with Crippen LogP contribution in [0.5, 0.6) is 17.2 Å². The predicted molar refractivity (Wildman–Crippen MR) is 123 cm³/mol. The van der Waals surface area contributed by atoms with Crippen LogP contribution < -0.4 is 14.4 Å². The first-order valence-electron chi connectivity index (χ1n) is 9.93. The monoisotopic (exact) mass is 491 g/mol. The number of carbonyl (C=O) groups excluding carboxylic acids is 2. The van der Waals surface area contributed by atoms with E-state index in [0.717, 1.165) is 17.0 Å². The number of phenolic OH excluding ortho intramolecular Hbond substituents is 1. The molecule has 4 rings (SSSR count). The summed E-state index contributed by atoms with van der Waals surface area (Å²) in [6.45, 7) is 3.84. The van der Waals surface area contributed by atoms with E-state index in [4.69, 9.17) is 32.7 Å². The molecule has 6 nitrogen and oxygen atoms in total. The third-order valence-corrected chi connectivity index (χ3v) is 7.53. The van der Waals surface area contributed by atoms with Crippen molar-refractivity contribution in [2.75, 3.05) is 19.1 Å². The highest BCUT2D eigenvalue weighted by Gasteiger charge is 2.73. The molecular formula is C24H20Cl2FNO5. The number of methoxy groups -OCH3 is 2. The predicted octanol–water partition coefficient (Wildman–Crippen LogP) is 4.68. The van der Waals surface area contributed by atoms with Crippen LogP contribution in [0.4, 0.5) is 10.1 Å². The van der Waals surface area contributed by atoms with Gasteiger partial charge in [-0.25, -0.2) is 9.29 Å². The number of halogens is 3. The minimum atomic E-state index is -2.00. The molecule has 1 saturated heterocycles. The van der Waals surface area contributed by atoms with E-state index in [1.165, 1.54) is 44.6 Å². The number of alkyl halides is 2. The average Bonchev–Trinajstić information content (AvgIpc) is 2.96. The highest BCUT2D eigenvalue weighted by atomic mass is 35.5.